The van der Waals surface area contributed by atoms with Crippen LogP contribution in [0.4, 0.5) is 26.3 Å². The van der Waals surface area contributed by atoms with Gasteiger partial charge in [-0.25, -0.2) is 4.98 Å². The van der Waals surface area contributed by atoms with E-state index in [0.29, 0.717) is 36.6 Å². The number of carbonyl (C=O) groups excluding carboxylic acids is 1. The second-order valence-corrected chi connectivity index (χ2v) is 7.73. The SMILES string of the molecule is CCCCN(CC)C(=O)c1cncn1-c1ccc(-c2cc(C(F)(F)F)cc(C(F)(F)F)c2)cc1. The van der Waals surface area contributed by atoms with Crippen LogP contribution in [-0.4, -0.2) is 33.4 Å². The number of aromatic nitrogens is 2. The number of hydrogen-bond acceptors (Lipinski definition) is 2. The summed E-state index contributed by atoms with van der Waals surface area (Å²) in [5, 5.41) is 0. The number of halogens is 6. The Morgan fingerprint density at radius 3 is 2.00 bits per heavy atom. The van der Waals surface area contributed by atoms with Gasteiger partial charge >= 0.3 is 12.4 Å². The Balaban J connectivity index is 1.96. The molecule has 10 heteroatoms. The molecule has 0 unspecified atom stereocenters. The first-order valence-electron chi connectivity index (χ1n) is 10.7. The molecule has 0 aliphatic rings. The van der Waals surface area contributed by atoms with Crippen LogP contribution in [0.3, 0.4) is 0 Å². The van der Waals surface area contributed by atoms with E-state index in [-0.39, 0.29) is 23.1 Å². The fraction of sp³-hybridized carbons (Fsp3) is 0.333. The third-order valence-electron chi connectivity index (χ3n) is 5.37. The zero-order valence-electron chi connectivity index (χ0n) is 18.5. The largest absolute Gasteiger partial charge is 0.416 e. The van der Waals surface area contributed by atoms with Crippen molar-refractivity contribution < 1.29 is 31.1 Å². The third kappa shape index (κ3) is 5.60. The van der Waals surface area contributed by atoms with Crippen LogP contribution in [0, 0.1) is 0 Å². The van der Waals surface area contributed by atoms with Crippen LogP contribution >= 0.6 is 0 Å². The molecule has 0 radical (unpaired) electrons. The molecular formula is C24H23F6N3O. The van der Waals surface area contributed by atoms with E-state index in [4.69, 9.17) is 0 Å². The summed E-state index contributed by atoms with van der Waals surface area (Å²) in [6.45, 7) is 4.99. The van der Waals surface area contributed by atoms with E-state index < -0.39 is 23.5 Å². The molecule has 182 valence electrons. The van der Waals surface area contributed by atoms with Gasteiger partial charge in [-0.05, 0) is 54.8 Å². The van der Waals surface area contributed by atoms with Crippen molar-refractivity contribution in [3.05, 3.63) is 71.8 Å². The standard InChI is InChI=1S/C24H23F6N3O/c1-3-5-10-32(4-2)22(34)21-14-31-15-33(21)20-8-6-16(7-9-20)17-11-18(23(25,26)27)13-19(12-17)24(28,29)30/h6-9,11-15H,3-5,10H2,1-2H3. The molecule has 0 N–H and O–H groups in total. The van der Waals surface area contributed by atoms with E-state index in [0.717, 1.165) is 12.8 Å². The molecule has 4 nitrogen and oxygen atoms in total. The van der Waals surface area contributed by atoms with Crippen molar-refractivity contribution in [1.29, 1.82) is 0 Å². The van der Waals surface area contributed by atoms with Crippen LogP contribution in [-0.2, 0) is 12.4 Å². The summed E-state index contributed by atoms with van der Waals surface area (Å²) in [6, 6.07) is 7.32. The minimum atomic E-state index is -4.93. The first-order chi connectivity index (χ1) is 16.0. The minimum absolute atomic E-state index is 0.0965. The molecule has 0 saturated carbocycles. The van der Waals surface area contributed by atoms with Gasteiger partial charge in [0.25, 0.3) is 5.91 Å². The highest BCUT2D eigenvalue weighted by Gasteiger charge is 2.37. The number of unbranched alkanes of at least 4 members (excludes halogenated alkanes) is 1. The number of benzene rings is 2. The van der Waals surface area contributed by atoms with E-state index in [1.54, 1.807) is 4.90 Å². The van der Waals surface area contributed by atoms with Crippen LogP contribution < -0.4 is 0 Å². The van der Waals surface area contributed by atoms with Gasteiger partial charge in [-0.3, -0.25) is 9.36 Å². The lowest BCUT2D eigenvalue weighted by Gasteiger charge is -2.21. The summed E-state index contributed by atoms with van der Waals surface area (Å²) in [6.07, 6.45) is -5.22. The molecule has 0 atom stereocenters. The van der Waals surface area contributed by atoms with E-state index in [1.165, 1.54) is 41.4 Å². The van der Waals surface area contributed by atoms with Gasteiger partial charge in [0.2, 0.25) is 0 Å². The molecule has 3 aromatic rings. The van der Waals surface area contributed by atoms with Crippen molar-refractivity contribution in [1.82, 2.24) is 14.5 Å². The lowest BCUT2D eigenvalue weighted by molar-refractivity contribution is -0.143. The molecule has 34 heavy (non-hydrogen) atoms. The minimum Gasteiger partial charge on any atom is -0.338 e. The Morgan fingerprint density at radius 1 is 0.912 bits per heavy atom. The Kier molecular flexibility index (Phi) is 7.38. The third-order valence-corrected chi connectivity index (χ3v) is 5.37. The summed E-state index contributed by atoms with van der Waals surface area (Å²) in [5.41, 5.74) is -1.99. The Labute approximate surface area is 192 Å². The van der Waals surface area contributed by atoms with Gasteiger partial charge in [0.15, 0.2) is 0 Å². The van der Waals surface area contributed by atoms with Gasteiger partial charge in [-0.1, -0.05) is 25.5 Å². The zero-order chi connectivity index (χ0) is 25.1. The van der Waals surface area contributed by atoms with Crippen LogP contribution in [0.1, 0.15) is 48.3 Å². The maximum Gasteiger partial charge on any atom is 0.416 e. The Bertz CT molecular complexity index is 1100. The number of amides is 1. The molecule has 2 aromatic carbocycles. The predicted octanol–water partition coefficient (Wildman–Crippen LogP) is 6.84. The van der Waals surface area contributed by atoms with E-state index >= 15 is 0 Å². The molecule has 1 heterocycles. The molecule has 0 spiro atoms. The van der Waals surface area contributed by atoms with Gasteiger partial charge in [-0.15, -0.1) is 0 Å². The topological polar surface area (TPSA) is 38.1 Å². The highest BCUT2D eigenvalue weighted by Crippen LogP contribution is 2.38. The number of alkyl halides is 6. The maximum absolute atomic E-state index is 13.2. The van der Waals surface area contributed by atoms with Crippen molar-refractivity contribution in [2.45, 2.75) is 39.0 Å². The summed E-state index contributed by atoms with van der Waals surface area (Å²) in [7, 11) is 0. The number of carbonyl (C=O) groups is 1. The fourth-order valence-electron chi connectivity index (χ4n) is 3.51. The highest BCUT2D eigenvalue weighted by molar-refractivity contribution is 5.93. The van der Waals surface area contributed by atoms with Crippen molar-refractivity contribution in [3.8, 4) is 16.8 Å². The molecule has 0 aliphatic heterocycles. The van der Waals surface area contributed by atoms with Gasteiger partial charge in [0.1, 0.15) is 5.69 Å². The predicted molar refractivity (Wildman–Crippen MR) is 115 cm³/mol. The number of hydrogen-bond donors (Lipinski definition) is 0. The summed E-state index contributed by atoms with van der Waals surface area (Å²) >= 11 is 0. The molecule has 1 aromatic heterocycles. The van der Waals surface area contributed by atoms with Gasteiger partial charge in [0.05, 0.1) is 23.7 Å². The lowest BCUT2D eigenvalue weighted by atomic mass is 9.99. The first-order valence-corrected chi connectivity index (χ1v) is 10.7. The van der Waals surface area contributed by atoms with Crippen molar-refractivity contribution in [3.63, 3.8) is 0 Å². The smallest absolute Gasteiger partial charge is 0.338 e. The molecular weight excluding hydrogens is 460 g/mol. The fourth-order valence-corrected chi connectivity index (χ4v) is 3.51. The second-order valence-electron chi connectivity index (χ2n) is 7.73. The quantitative estimate of drug-likeness (QED) is 0.345. The van der Waals surface area contributed by atoms with Gasteiger partial charge < -0.3 is 4.90 Å². The van der Waals surface area contributed by atoms with E-state index in [1.807, 2.05) is 13.8 Å². The second kappa shape index (κ2) is 9.90. The van der Waals surface area contributed by atoms with Crippen LogP contribution in [0.5, 0.6) is 0 Å². The zero-order valence-corrected chi connectivity index (χ0v) is 18.5. The average Bonchev–Trinajstić information content (AvgIpc) is 3.28. The Morgan fingerprint density at radius 2 is 1.50 bits per heavy atom. The highest BCUT2D eigenvalue weighted by atomic mass is 19.4. The maximum atomic E-state index is 13.2. The molecule has 1 amide bonds. The lowest BCUT2D eigenvalue weighted by Crippen LogP contribution is -2.33. The van der Waals surface area contributed by atoms with Crippen molar-refractivity contribution in [2.24, 2.45) is 0 Å². The number of imidazole rings is 1. The Hall–Kier alpha value is -3.30. The van der Waals surface area contributed by atoms with Gasteiger partial charge in [0, 0.05) is 18.8 Å². The molecule has 0 aliphatic carbocycles. The molecule has 0 bridgehead atoms. The van der Waals surface area contributed by atoms with E-state index in [9.17, 15) is 31.1 Å². The summed E-state index contributed by atoms with van der Waals surface area (Å²) in [5.74, 6) is -0.217. The van der Waals surface area contributed by atoms with Crippen LogP contribution in [0.2, 0.25) is 0 Å². The molecule has 0 saturated heterocycles. The van der Waals surface area contributed by atoms with Gasteiger partial charge in [-0.2, -0.15) is 26.3 Å². The van der Waals surface area contributed by atoms with Crippen molar-refractivity contribution in [2.75, 3.05) is 13.1 Å². The number of nitrogens with zero attached hydrogens (tertiary/aromatic N) is 3. The van der Waals surface area contributed by atoms with Crippen LogP contribution in [0.15, 0.2) is 55.0 Å². The monoisotopic (exact) mass is 483 g/mol. The van der Waals surface area contributed by atoms with E-state index in [2.05, 4.69) is 4.98 Å². The normalized spacial score (nSPS) is 12.1. The molecule has 3 rings (SSSR count). The summed E-state index contributed by atoms with van der Waals surface area (Å²) in [4.78, 5) is 18.7. The average molecular weight is 483 g/mol. The van der Waals surface area contributed by atoms with Crippen LogP contribution in [0.25, 0.3) is 16.8 Å². The van der Waals surface area contributed by atoms with Crippen molar-refractivity contribution >= 4 is 5.91 Å². The molecule has 0 fully saturated rings. The summed E-state index contributed by atoms with van der Waals surface area (Å²) < 4.78 is 80.6. The number of rotatable bonds is 7. The first kappa shape index (κ1) is 25.3.